The summed E-state index contributed by atoms with van der Waals surface area (Å²) in [5.41, 5.74) is 16.8. The van der Waals surface area contributed by atoms with E-state index in [9.17, 15) is 0 Å². The van der Waals surface area contributed by atoms with E-state index in [2.05, 4.69) is 228 Å². The van der Waals surface area contributed by atoms with Crippen LogP contribution < -0.4 is 9.80 Å². The molecule has 10 aromatic carbocycles. The van der Waals surface area contributed by atoms with Gasteiger partial charge in [0.15, 0.2) is 0 Å². The molecule has 0 aliphatic carbocycles. The van der Waals surface area contributed by atoms with Crippen molar-refractivity contribution in [2.75, 3.05) is 9.80 Å². The van der Waals surface area contributed by atoms with Gasteiger partial charge in [0.1, 0.15) is 22.3 Å². The Bertz CT molecular complexity index is 3490. The number of rotatable bonds is 9. The standard InChI is InChI=1S/C60H40N2O2/c1-3-11-41(12-4-1)43-19-27-47(28-20-43)61(48-29-21-44(22-30-48)42-13-5-2-6-14-42)49-31-23-45(24-32-49)46-25-33-50(34-26-46)62(51-36-38-59-56(39-51)54-16-8-10-18-58(54)63-59)52-35-37-55-53-15-7-9-17-57(53)64-60(55)40-52/h1-40H. The van der Waals surface area contributed by atoms with Gasteiger partial charge in [-0.2, -0.15) is 0 Å². The summed E-state index contributed by atoms with van der Waals surface area (Å²) in [5, 5.41) is 4.38. The minimum absolute atomic E-state index is 0.851. The fourth-order valence-electron chi connectivity index (χ4n) is 9.07. The van der Waals surface area contributed by atoms with Crippen molar-refractivity contribution in [2.24, 2.45) is 0 Å². The monoisotopic (exact) mass is 820 g/mol. The molecule has 0 N–H and O–H groups in total. The predicted octanol–water partition coefficient (Wildman–Crippen LogP) is 17.4. The van der Waals surface area contributed by atoms with Gasteiger partial charge in [-0.05, 0) is 124 Å². The predicted molar refractivity (Wildman–Crippen MR) is 267 cm³/mol. The molecular weight excluding hydrogens is 781 g/mol. The van der Waals surface area contributed by atoms with Crippen LogP contribution in [0.4, 0.5) is 34.1 Å². The number of para-hydroxylation sites is 2. The van der Waals surface area contributed by atoms with Gasteiger partial charge in [-0.15, -0.1) is 0 Å². The summed E-state index contributed by atoms with van der Waals surface area (Å²) in [6.07, 6.45) is 0. The maximum absolute atomic E-state index is 6.39. The lowest BCUT2D eigenvalue weighted by Gasteiger charge is -2.26. The molecule has 0 amide bonds. The molecule has 4 nitrogen and oxygen atoms in total. The van der Waals surface area contributed by atoms with Gasteiger partial charge in [0.05, 0.1) is 0 Å². The highest BCUT2D eigenvalue weighted by molar-refractivity contribution is 6.08. The van der Waals surface area contributed by atoms with Crippen molar-refractivity contribution in [1.29, 1.82) is 0 Å². The van der Waals surface area contributed by atoms with E-state index >= 15 is 0 Å². The third-order valence-electron chi connectivity index (χ3n) is 12.3. The molecule has 2 aromatic heterocycles. The molecule has 0 aliphatic heterocycles. The third kappa shape index (κ3) is 6.75. The summed E-state index contributed by atoms with van der Waals surface area (Å²) in [7, 11) is 0. The average Bonchev–Trinajstić information content (AvgIpc) is 3.93. The van der Waals surface area contributed by atoms with Crippen LogP contribution in [0.15, 0.2) is 251 Å². The smallest absolute Gasteiger partial charge is 0.137 e. The van der Waals surface area contributed by atoms with Crippen LogP contribution in [0.5, 0.6) is 0 Å². The first-order valence-corrected chi connectivity index (χ1v) is 21.6. The SMILES string of the molecule is c1ccc(-c2ccc(N(c3ccc(-c4ccccc4)cc3)c3ccc(-c4ccc(N(c5ccc6c(c5)oc5ccccc56)c5ccc6oc7ccccc7c6c5)cc4)cc3)cc2)cc1. The van der Waals surface area contributed by atoms with E-state index in [-0.39, 0.29) is 0 Å². The molecule has 12 aromatic rings. The number of furan rings is 2. The van der Waals surface area contributed by atoms with Crippen molar-refractivity contribution in [3.05, 3.63) is 243 Å². The van der Waals surface area contributed by atoms with Gasteiger partial charge in [0.2, 0.25) is 0 Å². The average molecular weight is 821 g/mol. The van der Waals surface area contributed by atoms with E-state index in [1.807, 2.05) is 24.3 Å². The van der Waals surface area contributed by atoms with Crippen molar-refractivity contribution in [1.82, 2.24) is 0 Å². The first-order valence-electron chi connectivity index (χ1n) is 21.6. The van der Waals surface area contributed by atoms with Crippen molar-refractivity contribution < 1.29 is 8.83 Å². The zero-order chi connectivity index (χ0) is 42.4. The molecule has 0 saturated carbocycles. The Kier molecular flexibility index (Phi) is 9.12. The van der Waals surface area contributed by atoms with Crippen molar-refractivity contribution in [2.45, 2.75) is 0 Å². The second kappa shape index (κ2) is 15.7. The maximum Gasteiger partial charge on any atom is 0.137 e. The Labute approximate surface area is 371 Å². The van der Waals surface area contributed by atoms with Crippen molar-refractivity contribution in [3.8, 4) is 33.4 Å². The van der Waals surface area contributed by atoms with Gasteiger partial charge >= 0.3 is 0 Å². The minimum atomic E-state index is 0.851. The zero-order valence-corrected chi connectivity index (χ0v) is 34.8. The fraction of sp³-hybridized carbons (Fsp3) is 0. The van der Waals surface area contributed by atoms with E-state index in [0.29, 0.717) is 0 Å². The Morgan fingerprint density at radius 2 is 0.516 bits per heavy atom. The number of benzene rings is 10. The lowest BCUT2D eigenvalue weighted by atomic mass is 10.0. The topological polar surface area (TPSA) is 32.8 Å². The lowest BCUT2D eigenvalue weighted by Crippen LogP contribution is -2.10. The minimum Gasteiger partial charge on any atom is -0.456 e. The Hall–Kier alpha value is -8.60. The van der Waals surface area contributed by atoms with Gasteiger partial charge in [-0.3, -0.25) is 0 Å². The molecule has 2 heterocycles. The first-order chi connectivity index (χ1) is 31.7. The molecule has 0 radical (unpaired) electrons. The molecule has 64 heavy (non-hydrogen) atoms. The van der Waals surface area contributed by atoms with Gasteiger partial charge in [-0.25, -0.2) is 0 Å². The van der Waals surface area contributed by atoms with E-state index in [1.165, 1.54) is 22.3 Å². The second-order valence-electron chi connectivity index (χ2n) is 16.1. The molecule has 0 aliphatic rings. The summed E-state index contributed by atoms with van der Waals surface area (Å²) in [5.74, 6) is 0. The molecule has 0 unspecified atom stereocenters. The molecule has 0 atom stereocenters. The normalized spacial score (nSPS) is 11.4. The highest BCUT2D eigenvalue weighted by Gasteiger charge is 2.19. The number of anilines is 6. The number of hydrogen-bond donors (Lipinski definition) is 0. The molecule has 0 spiro atoms. The molecule has 0 saturated heterocycles. The van der Waals surface area contributed by atoms with Gasteiger partial charge < -0.3 is 18.6 Å². The van der Waals surface area contributed by atoms with E-state index in [0.717, 1.165) is 89.1 Å². The molecule has 0 fully saturated rings. The Balaban J connectivity index is 0.899. The van der Waals surface area contributed by atoms with Crippen LogP contribution in [0.2, 0.25) is 0 Å². The molecule has 302 valence electrons. The maximum atomic E-state index is 6.39. The van der Waals surface area contributed by atoms with E-state index in [4.69, 9.17) is 8.83 Å². The Morgan fingerprint density at radius 3 is 1.00 bits per heavy atom. The van der Waals surface area contributed by atoms with Crippen LogP contribution in [0.3, 0.4) is 0 Å². The summed E-state index contributed by atoms with van der Waals surface area (Å²) in [4.78, 5) is 4.62. The van der Waals surface area contributed by atoms with Gasteiger partial charge in [0, 0.05) is 61.7 Å². The molecule has 4 heteroatoms. The van der Waals surface area contributed by atoms with Gasteiger partial charge in [-0.1, -0.05) is 146 Å². The number of nitrogens with zero attached hydrogens (tertiary/aromatic N) is 2. The molecular formula is C60H40N2O2. The highest BCUT2D eigenvalue weighted by Crippen LogP contribution is 2.42. The van der Waals surface area contributed by atoms with Crippen molar-refractivity contribution >= 4 is 78.0 Å². The van der Waals surface area contributed by atoms with Crippen LogP contribution in [0, 0.1) is 0 Å². The van der Waals surface area contributed by atoms with Crippen LogP contribution in [0.25, 0.3) is 77.3 Å². The highest BCUT2D eigenvalue weighted by atomic mass is 16.3. The molecule has 12 rings (SSSR count). The Morgan fingerprint density at radius 1 is 0.203 bits per heavy atom. The van der Waals surface area contributed by atoms with Crippen LogP contribution in [0.1, 0.15) is 0 Å². The molecule has 0 bridgehead atoms. The van der Waals surface area contributed by atoms with Crippen molar-refractivity contribution in [3.63, 3.8) is 0 Å². The summed E-state index contributed by atoms with van der Waals surface area (Å²) < 4.78 is 12.6. The second-order valence-corrected chi connectivity index (χ2v) is 16.1. The zero-order valence-electron chi connectivity index (χ0n) is 34.8. The van der Waals surface area contributed by atoms with Crippen LogP contribution in [-0.4, -0.2) is 0 Å². The van der Waals surface area contributed by atoms with Crippen LogP contribution >= 0.6 is 0 Å². The van der Waals surface area contributed by atoms with E-state index < -0.39 is 0 Å². The first kappa shape index (κ1) is 37.2. The summed E-state index contributed by atoms with van der Waals surface area (Å²) >= 11 is 0. The van der Waals surface area contributed by atoms with Crippen LogP contribution in [-0.2, 0) is 0 Å². The number of hydrogen-bond acceptors (Lipinski definition) is 4. The number of fused-ring (bicyclic) bond motifs is 6. The third-order valence-corrected chi connectivity index (χ3v) is 12.3. The summed E-state index contributed by atoms with van der Waals surface area (Å²) in [6, 6.07) is 85.9. The largest absolute Gasteiger partial charge is 0.456 e. The lowest BCUT2D eigenvalue weighted by molar-refractivity contribution is 0.668. The summed E-state index contributed by atoms with van der Waals surface area (Å²) in [6.45, 7) is 0. The fourth-order valence-corrected chi connectivity index (χ4v) is 9.07. The van der Waals surface area contributed by atoms with E-state index in [1.54, 1.807) is 0 Å². The quantitative estimate of drug-likeness (QED) is 0.145. The van der Waals surface area contributed by atoms with Gasteiger partial charge in [0.25, 0.3) is 0 Å².